The first-order valence-corrected chi connectivity index (χ1v) is 8.06. The Morgan fingerprint density at radius 2 is 1.74 bits per heavy atom. The number of nitrogens with one attached hydrogen (secondary N) is 1. The Hall–Kier alpha value is -0.120. The van der Waals surface area contributed by atoms with Crippen LogP contribution in [0.15, 0.2) is 0 Å². The van der Waals surface area contributed by atoms with Crippen molar-refractivity contribution in [2.24, 2.45) is 5.92 Å². The fraction of sp³-hybridized carbons (Fsp3) is 1.00. The van der Waals surface area contributed by atoms with Gasteiger partial charge < -0.3 is 10.1 Å². The van der Waals surface area contributed by atoms with Gasteiger partial charge in [0.25, 0.3) is 0 Å². The van der Waals surface area contributed by atoms with Crippen LogP contribution >= 0.6 is 0 Å². The molecule has 0 aromatic rings. The van der Waals surface area contributed by atoms with Crippen molar-refractivity contribution in [3.63, 3.8) is 0 Å². The molecule has 1 aliphatic rings. The molecule has 1 fully saturated rings. The van der Waals surface area contributed by atoms with Crippen LogP contribution in [0.5, 0.6) is 0 Å². The molecule has 3 heteroatoms. The van der Waals surface area contributed by atoms with Crippen molar-refractivity contribution in [2.45, 2.75) is 64.5 Å². The topological polar surface area (TPSA) is 24.5 Å². The number of ether oxygens (including phenoxy) is 1. The van der Waals surface area contributed by atoms with Gasteiger partial charge in [-0.2, -0.15) is 0 Å². The third kappa shape index (κ3) is 6.73. The van der Waals surface area contributed by atoms with Crippen LogP contribution < -0.4 is 5.32 Å². The lowest BCUT2D eigenvalue weighted by Crippen LogP contribution is -2.48. The second-order valence-corrected chi connectivity index (χ2v) is 6.47. The summed E-state index contributed by atoms with van der Waals surface area (Å²) < 4.78 is 5.42. The molecule has 0 aromatic heterocycles. The second-order valence-electron chi connectivity index (χ2n) is 6.47. The van der Waals surface area contributed by atoms with Crippen molar-refractivity contribution in [1.29, 1.82) is 0 Å². The largest absolute Gasteiger partial charge is 0.383 e. The molecule has 1 unspecified atom stereocenters. The van der Waals surface area contributed by atoms with Gasteiger partial charge in [-0.1, -0.05) is 39.5 Å². The van der Waals surface area contributed by atoms with Gasteiger partial charge in [0.2, 0.25) is 0 Å². The van der Waals surface area contributed by atoms with E-state index in [0.29, 0.717) is 12.0 Å². The molecule has 0 bridgehead atoms. The first kappa shape index (κ1) is 16.9. The van der Waals surface area contributed by atoms with Crippen LogP contribution in [0.25, 0.3) is 0 Å². The van der Waals surface area contributed by atoms with Crippen molar-refractivity contribution >= 4 is 0 Å². The van der Waals surface area contributed by atoms with Gasteiger partial charge in [0.1, 0.15) is 0 Å². The van der Waals surface area contributed by atoms with E-state index in [9.17, 15) is 0 Å². The summed E-state index contributed by atoms with van der Waals surface area (Å²) in [5, 5.41) is 3.58. The molecule has 1 atom stereocenters. The molecule has 114 valence electrons. The summed E-state index contributed by atoms with van der Waals surface area (Å²) in [5.74, 6) is 0.714. The summed E-state index contributed by atoms with van der Waals surface area (Å²) in [6, 6.07) is 1.26. The van der Waals surface area contributed by atoms with E-state index in [4.69, 9.17) is 4.74 Å². The van der Waals surface area contributed by atoms with Crippen LogP contribution in [0.3, 0.4) is 0 Å². The monoisotopic (exact) mass is 270 g/mol. The molecule has 19 heavy (non-hydrogen) atoms. The predicted octanol–water partition coefficient (Wildman–Crippen LogP) is 2.90. The molecule has 1 saturated carbocycles. The minimum Gasteiger partial charge on any atom is -0.383 e. The van der Waals surface area contributed by atoms with Crippen molar-refractivity contribution in [3.8, 4) is 0 Å². The smallest absolute Gasteiger partial charge is 0.0630 e. The normalized spacial score (nSPS) is 19.9. The zero-order valence-electron chi connectivity index (χ0n) is 13.5. The summed E-state index contributed by atoms with van der Waals surface area (Å²) in [6.07, 6.45) is 8.36. The average Bonchev–Trinajstić information content (AvgIpc) is 2.65. The Kier molecular flexibility index (Phi) is 8.67. The molecule has 0 radical (unpaired) electrons. The number of rotatable bonds is 8. The number of likely N-dealkylation sites (N-methyl/N-ethyl adjacent to an activating group) is 1. The summed E-state index contributed by atoms with van der Waals surface area (Å²) in [6.45, 7) is 7.48. The third-order valence-corrected chi connectivity index (χ3v) is 4.27. The van der Waals surface area contributed by atoms with Gasteiger partial charge in [-0.15, -0.1) is 0 Å². The quantitative estimate of drug-likeness (QED) is 0.686. The van der Waals surface area contributed by atoms with Gasteiger partial charge in [0, 0.05) is 25.7 Å². The van der Waals surface area contributed by atoms with Crippen LogP contribution in [0.1, 0.15) is 52.4 Å². The Morgan fingerprint density at radius 1 is 1.11 bits per heavy atom. The fourth-order valence-electron chi connectivity index (χ4n) is 3.01. The van der Waals surface area contributed by atoms with E-state index in [-0.39, 0.29) is 0 Å². The average molecular weight is 270 g/mol. The third-order valence-electron chi connectivity index (χ3n) is 4.27. The van der Waals surface area contributed by atoms with Crippen LogP contribution in [0, 0.1) is 5.92 Å². The van der Waals surface area contributed by atoms with Gasteiger partial charge in [-0.3, -0.25) is 4.90 Å². The van der Waals surface area contributed by atoms with Crippen LogP contribution in [0.2, 0.25) is 0 Å². The van der Waals surface area contributed by atoms with E-state index >= 15 is 0 Å². The lowest BCUT2D eigenvalue weighted by atomic mass is 10.1. The SMILES string of the molecule is COCC(CNCC(C)C)N(C)C1CCCCCC1. The number of methoxy groups -OCH3 is 1. The van der Waals surface area contributed by atoms with Crippen LogP contribution in [-0.4, -0.2) is 50.8 Å². The molecule has 1 rings (SSSR count). The van der Waals surface area contributed by atoms with Crippen LogP contribution in [-0.2, 0) is 4.74 Å². The molecule has 0 heterocycles. The van der Waals surface area contributed by atoms with Crippen molar-refractivity contribution in [1.82, 2.24) is 10.2 Å². The minimum atomic E-state index is 0.506. The maximum Gasteiger partial charge on any atom is 0.0630 e. The summed E-state index contributed by atoms with van der Waals surface area (Å²) >= 11 is 0. The predicted molar refractivity (Wildman–Crippen MR) is 82.6 cm³/mol. The molecule has 3 nitrogen and oxygen atoms in total. The Labute approximate surface area is 120 Å². The molecule has 0 saturated heterocycles. The van der Waals surface area contributed by atoms with Crippen LogP contribution in [0.4, 0.5) is 0 Å². The maximum absolute atomic E-state index is 5.42. The van der Waals surface area contributed by atoms with Crippen molar-refractivity contribution in [2.75, 3.05) is 33.9 Å². The fourth-order valence-corrected chi connectivity index (χ4v) is 3.01. The standard InChI is InChI=1S/C16H34N2O/c1-14(2)11-17-12-16(13-19-4)18(3)15-9-7-5-6-8-10-15/h14-17H,5-13H2,1-4H3. The van der Waals surface area contributed by atoms with Gasteiger partial charge in [0.15, 0.2) is 0 Å². The van der Waals surface area contributed by atoms with Crippen molar-refractivity contribution in [3.05, 3.63) is 0 Å². The molecular formula is C16H34N2O. The molecular weight excluding hydrogens is 236 g/mol. The second kappa shape index (κ2) is 9.73. The molecule has 0 spiro atoms. The van der Waals surface area contributed by atoms with E-state index in [1.807, 2.05) is 7.11 Å². The Bertz CT molecular complexity index is 213. The highest BCUT2D eigenvalue weighted by molar-refractivity contribution is 4.80. The van der Waals surface area contributed by atoms with Crippen molar-refractivity contribution < 1.29 is 4.74 Å². The summed E-state index contributed by atoms with van der Waals surface area (Å²) in [5.41, 5.74) is 0. The number of hydrogen-bond acceptors (Lipinski definition) is 3. The van der Waals surface area contributed by atoms with Gasteiger partial charge >= 0.3 is 0 Å². The Morgan fingerprint density at radius 3 is 2.26 bits per heavy atom. The molecule has 0 aromatic carbocycles. The highest BCUT2D eigenvalue weighted by Gasteiger charge is 2.23. The first-order valence-electron chi connectivity index (χ1n) is 8.06. The van der Waals surface area contributed by atoms with Gasteiger partial charge in [-0.25, -0.2) is 0 Å². The van der Waals surface area contributed by atoms with E-state index in [1.165, 1.54) is 38.5 Å². The maximum atomic E-state index is 5.42. The molecule has 0 amide bonds. The lowest BCUT2D eigenvalue weighted by Gasteiger charge is -2.34. The van der Waals surface area contributed by atoms with Gasteiger partial charge in [-0.05, 0) is 32.4 Å². The number of hydrogen-bond donors (Lipinski definition) is 1. The lowest BCUT2D eigenvalue weighted by molar-refractivity contribution is 0.0736. The molecule has 0 aliphatic heterocycles. The van der Waals surface area contributed by atoms with E-state index in [2.05, 4.69) is 31.1 Å². The number of nitrogens with zero attached hydrogens (tertiary/aromatic N) is 1. The highest BCUT2D eigenvalue weighted by Crippen LogP contribution is 2.22. The highest BCUT2D eigenvalue weighted by atomic mass is 16.5. The van der Waals surface area contributed by atoms with Gasteiger partial charge in [0.05, 0.1) is 6.61 Å². The summed E-state index contributed by atoms with van der Waals surface area (Å²) in [7, 11) is 4.10. The molecule has 1 N–H and O–H groups in total. The minimum absolute atomic E-state index is 0.506. The van der Waals surface area contributed by atoms with E-state index in [0.717, 1.165) is 25.7 Å². The van der Waals surface area contributed by atoms with E-state index < -0.39 is 0 Å². The summed E-state index contributed by atoms with van der Waals surface area (Å²) in [4.78, 5) is 2.57. The zero-order valence-corrected chi connectivity index (χ0v) is 13.5. The van der Waals surface area contributed by atoms with E-state index in [1.54, 1.807) is 0 Å². The Balaban J connectivity index is 2.42. The first-order chi connectivity index (χ1) is 9.15. The zero-order chi connectivity index (χ0) is 14.1. The molecule has 1 aliphatic carbocycles.